The Hall–Kier alpha value is -3.07. The lowest BCUT2D eigenvalue weighted by atomic mass is 9.98. The van der Waals surface area contributed by atoms with Gasteiger partial charge >= 0.3 is 5.97 Å². The highest BCUT2D eigenvalue weighted by Gasteiger charge is 2.25. The van der Waals surface area contributed by atoms with E-state index in [-0.39, 0.29) is 17.4 Å². The minimum absolute atomic E-state index is 0.0551. The molecule has 0 N–H and O–H groups in total. The van der Waals surface area contributed by atoms with E-state index in [1.165, 1.54) is 34.4 Å². The normalized spacial score (nSPS) is 15.8. The van der Waals surface area contributed by atoms with Crippen LogP contribution in [0.2, 0.25) is 0 Å². The molecule has 2 heterocycles. The van der Waals surface area contributed by atoms with Crippen LogP contribution in [0.15, 0.2) is 40.8 Å². The Kier molecular flexibility index (Phi) is 5.63. The predicted octanol–water partition coefficient (Wildman–Crippen LogP) is 4.47. The van der Waals surface area contributed by atoms with Gasteiger partial charge in [0.15, 0.2) is 0 Å². The zero-order valence-electron chi connectivity index (χ0n) is 16.4. The fourth-order valence-corrected chi connectivity index (χ4v) is 4.69. The number of benzene rings is 1. The Balaban J connectivity index is 1.69. The van der Waals surface area contributed by atoms with E-state index < -0.39 is 16.9 Å². The molecular formula is C21H21N3O5S. The zero-order valence-corrected chi connectivity index (χ0v) is 17.3. The summed E-state index contributed by atoms with van der Waals surface area (Å²) in [6.07, 6.45) is 6.22. The molecule has 4 rings (SSSR count). The smallest absolute Gasteiger partial charge is 0.329 e. The Morgan fingerprint density at radius 1 is 1.33 bits per heavy atom. The standard InChI is InChI=1S/C21H21N3O5S/c1-13(21(26)29-16-8-3-2-4-9-16)23-12-22-19-18(20(23)25)17(11-30-19)14-6-5-7-15(10-14)24(27)28/h5-7,10-13,16H,2-4,8-9H2,1H3/t13-/m0/s1. The first kappa shape index (κ1) is 20.2. The van der Waals surface area contributed by atoms with Crippen LogP contribution in [0, 0.1) is 10.1 Å². The predicted molar refractivity (Wildman–Crippen MR) is 114 cm³/mol. The number of rotatable bonds is 5. The number of ether oxygens (including phenoxy) is 1. The van der Waals surface area contributed by atoms with Gasteiger partial charge in [0.25, 0.3) is 11.2 Å². The molecule has 0 spiro atoms. The summed E-state index contributed by atoms with van der Waals surface area (Å²) in [5, 5.41) is 13.2. The second-order valence-electron chi connectivity index (χ2n) is 7.47. The van der Waals surface area contributed by atoms with E-state index >= 15 is 0 Å². The number of hydrogen-bond acceptors (Lipinski definition) is 7. The van der Waals surface area contributed by atoms with Crippen LogP contribution in [0.5, 0.6) is 0 Å². The molecular weight excluding hydrogens is 406 g/mol. The molecule has 0 amide bonds. The van der Waals surface area contributed by atoms with Gasteiger partial charge in [-0.3, -0.25) is 19.5 Å². The molecule has 1 fully saturated rings. The molecule has 0 radical (unpaired) electrons. The van der Waals surface area contributed by atoms with Crippen molar-refractivity contribution in [3.63, 3.8) is 0 Å². The zero-order chi connectivity index (χ0) is 21.3. The Morgan fingerprint density at radius 3 is 2.83 bits per heavy atom. The van der Waals surface area contributed by atoms with Crippen LogP contribution in [0.1, 0.15) is 45.1 Å². The molecule has 2 aromatic heterocycles. The SMILES string of the molecule is C[C@@H](C(=O)OC1CCCCC1)n1cnc2scc(-c3cccc([N+](=O)[O-])c3)c2c1=O. The summed E-state index contributed by atoms with van der Waals surface area (Å²) in [6.45, 7) is 1.62. The van der Waals surface area contributed by atoms with Gasteiger partial charge in [0.05, 0.1) is 16.6 Å². The maximum absolute atomic E-state index is 13.2. The average Bonchev–Trinajstić information content (AvgIpc) is 3.19. The molecule has 0 unspecified atom stereocenters. The van der Waals surface area contributed by atoms with Crippen LogP contribution in [0.25, 0.3) is 21.3 Å². The molecule has 0 bridgehead atoms. The minimum Gasteiger partial charge on any atom is -0.461 e. The monoisotopic (exact) mass is 427 g/mol. The minimum atomic E-state index is -0.811. The number of nitro benzene ring substituents is 1. The van der Waals surface area contributed by atoms with Crippen LogP contribution < -0.4 is 5.56 Å². The van der Waals surface area contributed by atoms with E-state index in [0.29, 0.717) is 21.3 Å². The number of carbonyl (C=O) groups excluding carboxylic acids is 1. The number of non-ortho nitro benzene ring substituents is 1. The number of fused-ring (bicyclic) bond motifs is 1. The molecule has 1 atom stereocenters. The molecule has 0 aliphatic heterocycles. The van der Waals surface area contributed by atoms with E-state index in [0.717, 1.165) is 32.1 Å². The van der Waals surface area contributed by atoms with Crippen molar-refractivity contribution in [2.24, 2.45) is 0 Å². The van der Waals surface area contributed by atoms with Crippen molar-refractivity contribution >= 4 is 33.2 Å². The third-order valence-electron chi connectivity index (χ3n) is 5.48. The van der Waals surface area contributed by atoms with Gasteiger partial charge in [-0.25, -0.2) is 9.78 Å². The highest BCUT2D eigenvalue weighted by atomic mass is 32.1. The second-order valence-corrected chi connectivity index (χ2v) is 8.32. The van der Waals surface area contributed by atoms with E-state index in [4.69, 9.17) is 4.74 Å². The maximum atomic E-state index is 13.2. The lowest BCUT2D eigenvalue weighted by Gasteiger charge is -2.24. The van der Waals surface area contributed by atoms with Gasteiger partial charge in [-0.05, 0) is 38.2 Å². The van der Waals surface area contributed by atoms with Gasteiger partial charge in [0.2, 0.25) is 0 Å². The van der Waals surface area contributed by atoms with Crippen molar-refractivity contribution in [3.8, 4) is 11.1 Å². The molecule has 0 saturated heterocycles. The second kappa shape index (κ2) is 8.35. The third-order valence-corrected chi connectivity index (χ3v) is 6.37. The van der Waals surface area contributed by atoms with Crippen LogP contribution in [-0.2, 0) is 9.53 Å². The fourth-order valence-electron chi connectivity index (χ4n) is 3.78. The van der Waals surface area contributed by atoms with Crippen molar-refractivity contribution in [2.75, 3.05) is 0 Å². The lowest BCUT2D eigenvalue weighted by Crippen LogP contribution is -2.32. The van der Waals surface area contributed by atoms with Gasteiger partial charge < -0.3 is 4.74 Å². The number of esters is 1. The summed E-state index contributed by atoms with van der Waals surface area (Å²) in [5.41, 5.74) is 0.708. The highest BCUT2D eigenvalue weighted by Crippen LogP contribution is 2.32. The van der Waals surface area contributed by atoms with Crippen molar-refractivity contribution in [1.82, 2.24) is 9.55 Å². The summed E-state index contributed by atoms with van der Waals surface area (Å²) in [6, 6.07) is 5.31. The maximum Gasteiger partial charge on any atom is 0.329 e. The molecule has 9 heteroatoms. The number of thiophene rings is 1. The van der Waals surface area contributed by atoms with Crippen molar-refractivity contribution in [1.29, 1.82) is 0 Å². The molecule has 156 valence electrons. The topological polar surface area (TPSA) is 104 Å². The Labute approximate surface area is 176 Å². The van der Waals surface area contributed by atoms with Gasteiger partial charge in [-0.15, -0.1) is 11.3 Å². The van der Waals surface area contributed by atoms with Crippen molar-refractivity contribution < 1.29 is 14.5 Å². The van der Waals surface area contributed by atoms with Crippen LogP contribution in [-0.4, -0.2) is 26.5 Å². The number of nitrogens with zero attached hydrogens (tertiary/aromatic N) is 3. The first-order chi connectivity index (χ1) is 14.5. The quantitative estimate of drug-likeness (QED) is 0.338. The lowest BCUT2D eigenvalue weighted by molar-refractivity contribution is -0.384. The van der Waals surface area contributed by atoms with E-state index in [2.05, 4.69) is 4.98 Å². The summed E-state index contributed by atoms with van der Waals surface area (Å²) in [4.78, 5) is 41.4. The number of nitro groups is 1. The van der Waals surface area contributed by atoms with Crippen LogP contribution in [0.4, 0.5) is 5.69 Å². The van der Waals surface area contributed by atoms with Crippen LogP contribution >= 0.6 is 11.3 Å². The molecule has 3 aromatic rings. The average molecular weight is 427 g/mol. The highest BCUT2D eigenvalue weighted by molar-refractivity contribution is 7.17. The van der Waals surface area contributed by atoms with E-state index in [9.17, 15) is 19.7 Å². The first-order valence-electron chi connectivity index (χ1n) is 9.89. The van der Waals surface area contributed by atoms with Gasteiger partial charge in [0.1, 0.15) is 17.0 Å². The molecule has 8 nitrogen and oxygen atoms in total. The fraction of sp³-hybridized carbons (Fsp3) is 0.381. The summed E-state index contributed by atoms with van der Waals surface area (Å²) < 4.78 is 6.89. The Morgan fingerprint density at radius 2 is 2.10 bits per heavy atom. The third kappa shape index (κ3) is 3.85. The van der Waals surface area contributed by atoms with Crippen LogP contribution in [0.3, 0.4) is 0 Å². The largest absolute Gasteiger partial charge is 0.461 e. The van der Waals surface area contributed by atoms with Gasteiger partial charge in [-0.1, -0.05) is 18.6 Å². The summed E-state index contributed by atoms with van der Waals surface area (Å²) >= 11 is 1.28. The molecule has 1 saturated carbocycles. The van der Waals surface area contributed by atoms with Gasteiger partial charge in [-0.2, -0.15) is 0 Å². The number of carbonyl (C=O) groups is 1. The van der Waals surface area contributed by atoms with Crippen molar-refractivity contribution in [3.05, 3.63) is 56.4 Å². The van der Waals surface area contributed by atoms with Gasteiger partial charge in [0, 0.05) is 23.1 Å². The number of hydrogen-bond donors (Lipinski definition) is 0. The van der Waals surface area contributed by atoms with E-state index in [1.54, 1.807) is 24.4 Å². The summed E-state index contributed by atoms with van der Waals surface area (Å²) in [5.74, 6) is -0.447. The first-order valence-corrected chi connectivity index (χ1v) is 10.8. The van der Waals surface area contributed by atoms with E-state index in [1.807, 2.05) is 0 Å². The molecule has 1 aliphatic rings. The molecule has 1 aliphatic carbocycles. The number of aromatic nitrogens is 2. The Bertz CT molecular complexity index is 1160. The summed E-state index contributed by atoms with van der Waals surface area (Å²) in [7, 11) is 0. The molecule has 1 aromatic carbocycles. The molecule has 30 heavy (non-hydrogen) atoms. The van der Waals surface area contributed by atoms with Crippen molar-refractivity contribution in [2.45, 2.75) is 51.2 Å².